The summed E-state index contributed by atoms with van der Waals surface area (Å²) in [5, 5.41) is 4.01. The van der Waals surface area contributed by atoms with E-state index >= 15 is 0 Å². The zero-order chi connectivity index (χ0) is 23.1. The lowest BCUT2D eigenvalue weighted by Crippen LogP contribution is -2.15. The largest absolute Gasteiger partial charge is 0.493 e. The van der Waals surface area contributed by atoms with Crippen LogP contribution in [0.2, 0.25) is 5.02 Å². The van der Waals surface area contributed by atoms with E-state index in [2.05, 4.69) is 5.32 Å². The lowest BCUT2D eigenvalue weighted by molar-refractivity contribution is -0.116. The van der Waals surface area contributed by atoms with Crippen LogP contribution < -0.4 is 10.1 Å². The van der Waals surface area contributed by atoms with Gasteiger partial charge in [0.15, 0.2) is 0 Å². The Kier molecular flexibility index (Phi) is 8.31. The molecule has 0 fully saturated rings. The second kappa shape index (κ2) is 11.2. The molecule has 168 valence electrons. The van der Waals surface area contributed by atoms with Gasteiger partial charge >= 0.3 is 5.97 Å². The summed E-state index contributed by atoms with van der Waals surface area (Å²) in [5.41, 5.74) is 3.03. The number of thiophene rings is 1. The third-order valence-electron chi connectivity index (χ3n) is 4.85. The summed E-state index contributed by atoms with van der Waals surface area (Å²) >= 11 is 7.38. The summed E-state index contributed by atoms with van der Waals surface area (Å²) in [4.78, 5) is 26.3. The molecule has 3 rings (SSSR count). The molecular weight excluding hydrogens is 446 g/mol. The predicted molar refractivity (Wildman–Crippen MR) is 130 cm³/mol. The van der Waals surface area contributed by atoms with E-state index in [0.717, 1.165) is 27.3 Å². The molecule has 0 unspecified atom stereocenters. The third kappa shape index (κ3) is 5.90. The molecule has 0 aliphatic heterocycles. The molecule has 1 amide bonds. The van der Waals surface area contributed by atoms with Gasteiger partial charge in [0.25, 0.3) is 0 Å². The van der Waals surface area contributed by atoms with Gasteiger partial charge in [-0.2, -0.15) is 0 Å². The summed E-state index contributed by atoms with van der Waals surface area (Å²) in [6, 6.07) is 15.0. The molecule has 3 aromatic rings. The van der Waals surface area contributed by atoms with Crippen molar-refractivity contribution in [2.45, 2.75) is 33.6 Å². The first-order chi connectivity index (χ1) is 15.4. The van der Waals surface area contributed by atoms with Crippen LogP contribution in [-0.2, 0) is 9.53 Å². The molecule has 2 aromatic carbocycles. The number of para-hydroxylation sites is 1. The topological polar surface area (TPSA) is 64.6 Å². The first-order valence-electron chi connectivity index (χ1n) is 10.5. The minimum Gasteiger partial charge on any atom is -0.493 e. The van der Waals surface area contributed by atoms with Gasteiger partial charge in [-0.1, -0.05) is 41.9 Å². The molecule has 7 heteroatoms. The van der Waals surface area contributed by atoms with Crippen LogP contribution in [0.1, 0.15) is 40.6 Å². The molecule has 0 bridgehead atoms. The van der Waals surface area contributed by atoms with E-state index in [9.17, 15) is 9.59 Å². The number of ether oxygens (including phenoxy) is 2. The number of carbonyl (C=O) groups is 2. The average molecular weight is 472 g/mol. The van der Waals surface area contributed by atoms with Crippen LogP contribution in [0.25, 0.3) is 11.1 Å². The Morgan fingerprint density at radius 3 is 2.47 bits per heavy atom. The normalized spacial score (nSPS) is 10.6. The number of aryl methyl sites for hydroxylation is 2. The van der Waals surface area contributed by atoms with Gasteiger partial charge in [0.05, 0.1) is 13.2 Å². The van der Waals surface area contributed by atoms with Crippen molar-refractivity contribution in [1.82, 2.24) is 0 Å². The maximum Gasteiger partial charge on any atom is 0.341 e. The summed E-state index contributed by atoms with van der Waals surface area (Å²) in [5.74, 6) is 0.187. The van der Waals surface area contributed by atoms with Crippen molar-refractivity contribution in [3.05, 3.63) is 69.6 Å². The Labute approximate surface area is 197 Å². The molecule has 32 heavy (non-hydrogen) atoms. The molecule has 1 aromatic heterocycles. The highest BCUT2D eigenvalue weighted by Crippen LogP contribution is 2.40. The standard InChI is InChI=1S/C25H26ClNO4S/c1-4-30-25(29)23-22(18-11-13-19(26)14-12-18)17(3)32-24(23)27-21(28)10-7-15-31-20-9-6-5-8-16(20)2/h5-6,8-9,11-14H,4,7,10,15H2,1-3H3,(H,27,28). The molecule has 5 nitrogen and oxygen atoms in total. The minimum absolute atomic E-state index is 0.173. The molecule has 0 aliphatic carbocycles. The van der Waals surface area contributed by atoms with Gasteiger partial charge in [-0.15, -0.1) is 11.3 Å². The van der Waals surface area contributed by atoms with Gasteiger partial charge in [-0.25, -0.2) is 4.79 Å². The van der Waals surface area contributed by atoms with E-state index in [0.29, 0.717) is 28.6 Å². The minimum atomic E-state index is -0.458. The second-order valence-electron chi connectivity index (χ2n) is 7.23. The van der Waals surface area contributed by atoms with Crippen molar-refractivity contribution in [3.8, 4) is 16.9 Å². The van der Waals surface area contributed by atoms with Crippen LogP contribution >= 0.6 is 22.9 Å². The lowest BCUT2D eigenvalue weighted by Gasteiger charge is -2.10. The summed E-state index contributed by atoms with van der Waals surface area (Å²) in [7, 11) is 0. The Bertz CT molecular complexity index is 1090. The Balaban J connectivity index is 1.71. The third-order valence-corrected chi connectivity index (χ3v) is 6.12. The number of halogens is 1. The smallest absolute Gasteiger partial charge is 0.341 e. The fraction of sp³-hybridized carbons (Fsp3) is 0.280. The zero-order valence-corrected chi connectivity index (χ0v) is 19.9. The molecule has 0 atom stereocenters. The lowest BCUT2D eigenvalue weighted by atomic mass is 10.0. The summed E-state index contributed by atoms with van der Waals surface area (Å²) in [6.07, 6.45) is 0.838. The zero-order valence-electron chi connectivity index (χ0n) is 18.4. The van der Waals surface area contributed by atoms with E-state index in [-0.39, 0.29) is 18.9 Å². The first-order valence-corrected chi connectivity index (χ1v) is 11.6. The van der Waals surface area contributed by atoms with Gasteiger partial charge in [0.2, 0.25) is 5.91 Å². The maximum atomic E-state index is 12.8. The number of carbonyl (C=O) groups excluding carboxylic acids is 2. The monoisotopic (exact) mass is 471 g/mol. The van der Waals surface area contributed by atoms with E-state index < -0.39 is 5.97 Å². The Morgan fingerprint density at radius 2 is 1.78 bits per heavy atom. The number of esters is 1. The number of hydrogen-bond acceptors (Lipinski definition) is 5. The van der Waals surface area contributed by atoms with Gasteiger partial charge in [-0.05, 0) is 56.5 Å². The molecule has 0 aliphatic rings. The SMILES string of the molecule is CCOC(=O)c1c(NC(=O)CCCOc2ccccc2C)sc(C)c1-c1ccc(Cl)cc1. The van der Waals surface area contributed by atoms with Crippen LogP contribution in [0.15, 0.2) is 48.5 Å². The highest BCUT2D eigenvalue weighted by molar-refractivity contribution is 7.17. The van der Waals surface area contributed by atoms with Crippen molar-refractivity contribution >= 4 is 39.8 Å². The highest BCUT2D eigenvalue weighted by Gasteiger charge is 2.25. The van der Waals surface area contributed by atoms with Crippen molar-refractivity contribution in [1.29, 1.82) is 0 Å². The quantitative estimate of drug-likeness (QED) is 0.280. The molecule has 1 N–H and O–H groups in total. The Hall–Kier alpha value is -2.83. The number of rotatable bonds is 9. The van der Waals surface area contributed by atoms with Crippen molar-refractivity contribution < 1.29 is 19.1 Å². The molecule has 1 heterocycles. The van der Waals surface area contributed by atoms with E-state index in [1.165, 1.54) is 11.3 Å². The fourth-order valence-electron chi connectivity index (χ4n) is 3.32. The number of benzene rings is 2. The van der Waals surface area contributed by atoms with Gasteiger partial charge < -0.3 is 14.8 Å². The van der Waals surface area contributed by atoms with E-state index in [1.54, 1.807) is 19.1 Å². The summed E-state index contributed by atoms with van der Waals surface area (Å²) in [6.45, 7) is 6.34. The first kappa shape index (κ1) is 23.8. The molecule has 0 spiro atoms. The summed E-state index contributed by atoms with van der Waals surface area (Å²) < 4.78 is 11.0. The number of amides is 1. The van der Waals surface area contributed by atoms with Gasteiger partial charge in [0, 0.05) is 21.9 Å². The predicted octanol–water partition coefficient (Wildman–Crippen LogP) is 6.66. The maximum absolute atomic E-state index is 12.8. The molecule has 0 saturated carbocycles. The van der Waals surface area contributed by atoms with Crippen LogP contribution in [-0.4, -0.2) is 25.1 Å². The van der Waals surface area contributed by atoms with Crippen LogP contribution in [0, 0.1) is 13.8 Å². The molecule has 0 saturated heterocycles. The second-order valence-corrected chi connectivity index (χ2v) is 8.89. The van der Waals surface area contributed by atoms with E-state index in [4.69, 9.17) is 21.1 Å². The van der Waals surface area contributed by atoms with E-state index in [1.807, 2.05) is 50.2 Å². The fourth-order valence-corrected chi connectivity index (χ4v) is 4.52. The van der Waals surface area contributed by atoms with Gasteiger partial charge in [0.1, 0.15) is 16.3 Å². The van der Waals surface area contributed by atoms with Crippen LogP contribution in [0.3, 0.4) is 0 Å². The average Bonchev–Trinajstić information content (AvgIpc) is 3.08. The number of anilines is 1. The number of nitrogens with one attached hydrogen (secondary N) is 1. The van der Waals surface area contributed by atoms with Gasteiger partial charge in [-0.3, -0.25) is 4.79 Å². The van der Waals surface area contributed by atoms with Crippen molar-refractivity contribution in [3.63, 3.8) is 0 Å². The number of hydrogen-bond donors (Lipinski definition) is 1. The van der Waals surface area contributed by atoms with Crippen molar-refractivity contribution in [2.24, 2.45) is 0 Å². The van der Waals surface area contributed by atoms with Crippen LogP contribution in [0.5, 0.6) is 5.75 Å². The molecular formula is C25H26ClNO4S. The van der Waals surface area contributed by atoms with Crippen LogP contribution in [0.4, 0.5) is 5.00 Å². The Morgan fingerprint density at radius 1 is 1.06 bits per heavy atom. The van der Waals surface area contributed by atoms with Crippen molar-refractivity contribution in [2.75, 3.05) is 18.5 Å². The highest BCUT2D eigenvalue weighted by atomic mass is 35.5. The molecule has 0 radical (unpaired) electrons.